The van der Waals surface area contributed by atoms with E-state index in [2.05, 4.69) is 89.2 Å². The fraction of sp³-hybridized carbons (Fsp3) is 0.464. The summed E-state index contributed by atoms with van der Waals surface area (Å²) in [6, 6.07) is 22.2. The number of likely N-dealkylation sites (tertiary alicyclic amines) is 1. The number of rotatable bonds is 5. The molecule has 0 N–H and O–H groups in total. The van der Waals surface area contributed by atoms with Crippen molar-refractivity contribution in [2.75, 3.05) is 50.7 Å². The summed E-state index contributed by atoms with van der Waals surface area (Å²) in [6.45, 7) is 12.7. The number of hydrogen-bond donors (Lipinski definition) is 0. The molecule has 0 spiro atoms. The van der Waals surface area contributed by atoms with Crippen molar-refractivity contribution in [3.8, 4) is 0 Å². The maximum atomic E-state index is 5.00. The van der Waals surface area contributed by atoms with Crippen molar-refractivity contribution in [3.05, 3.63) is 71.8 Å². The smallest absolute Gasteiger partial charge is 0.132 e. The van der Waals surface area contributed by atoms with Crippen molar-refractivity contribution in [1.82, 2.24) is 14.8 Å². The highest BCUT2D eigenvalue weighted by atomic mass is 15.3. The Balaban J connectivity index is 1.17. The first kappa shape index (κ1) is 21.4. The number of pyridine rings is 1. The van der Waals surface area contributed by atoms with E-state index in [1.165, 1.54) is 54.8 Å². The minimum Gasteiger partial charge on any atom is -0.354 e. The van der Waals surface area contributed by atoms with Crippen LogP contribution >= 0.6 is 0 Å². The first-order valence-electron chi connectivity index (χ1n) is 12.3. The molecule has 2 aliphatic heterocycles. The highest BCUT2D eigenvalue weighted by molar-refractivity contribution is 5.81. The number of hydrogen-bond acceptors (Lipinski definition) is 4. The van der Waals surface area contributed by atoms with Gasteiger partial charge in [0.1, 0.15) is 5.82 Å². The molecule has 3 aromatic rings. The third-order valence-electron chi connectivity index (χ3n) is 7.46. The number of aromatic nitrogens is 1. The molecule has 5 rings (SSSR count). The zero-order chi connectivity index (χ0) is 21.9. The lowest BCUT2D eigenvalue weighted by atomic mass is 9.94. The molecule has 0 unspecified atom stereocenters. The maximum Gasteiger partial charge on any atom is 0.132 e. The molecule has 1 aromatic heterocycles. The van der Waals surface area contributed by atoms with E-state index in [1.807, 2.05) is 0 Å². The molecule has 2 atom stereocenters. The van der Waals surface area contributed by atoms with Crippen LogP contribution in [0, 0.1) is 12.8 Å². The third kappa shape index (κ3) is 4.67. The molecule has 0 bridgehead atoms. The summed E-state index contributed by atoms with van der Waals surface area (Å²) in [5.41, 5.74) is 3.83. The van der Waals surface area contributed by atoms with Crippen LogP contribution in [-0.4, -0.2) is 60.6 Å². The number of benzene rings is 2. The van der Waals surface area contributed by atoms with Crippen LogP contribution in [0.1, 0.15) is 36.9 Å². The van der Waals surface area contributed by atoms with E-state index in [0.29, 0.717) is 6.04 Å². The zero-order valence-corrected chi connectivity index (χ0v) is 19.6. The Morgan fingerprint density at radius 2 is 1.69 bits per heavy atom. The molecular formula is C28H36N4. The molecule has 2 aromatic carbocycles. The minimum atomic E-state index is 0.512. The summed E-state index contributed by atoms with van der Waals surface area (Å²) in [6.07, 6.45) is 2.69. The highest BCUT2D eigenvalue weighted by Crippen LogP contribution is 2.28. The van der Waals surface area contributed by atoms with Gasteiger partial charge in [0.15, 0.2) is 0 Å². The molecule has 2 aliphatic rings. The standard InChI is InChI=1S/C28H36N4/c1-22-19-26-12-6-7-13-27(26)29-28(22)31-17-15-30(16-18-31)20-24-9-8-14-32(21-24)23(2)25-10-4-3-5-11-25/h3-7,10-13,19,23-24H,8-9,14-18,20-21H2,1-2H3/t23-,24-/m1/s1. The monoisotopic (exact) mass is 428 g/mol. The van der Waals surface area contributed by atoms with E-state index in [4.69, 9.17) is 4.98 Å². The van der Waals surface area contributed by atoms with Crippen molar-refractivity contribution >= 4 is 16.7 Å². The lowest BCUT2D eigenvalue weighted by molar-refractivity contribution is 0.102. The summed E-state index contributed by atoms with van der Waals surface area (Å²) in [5.74, 6) is 1.95. The van der Waals surface area contributed by atoms with Gasteiger partial charge in [0.25, 0.3) is 0 Å². The van der Waals surface area contributed by atoms with Crippen LogP contribution in [0.2, 0.25) is 0 Å². The van der Waals surface area contributed by atoms with Crippen LogP contribution < -0.4 is 4.90 Å². The van der Waals surface area contributed by atoms with Crippen molar-refractivity contribution in [2.24, 2.45) is 5.92 Å². The number of para-hydroxylation sites is 1. The molecule has 2 fully saturated rings. The van der Waals surface area contributed by atoms with Gasteiger partial charge < -0.3 is 4.90 Å². The lowest BCUT2D eigenvalue weighted by Gasteiger charge is -2.41. The van der Waals surface area contributed by atoms with Crippen molar-refractivity contribution in [1.29, 1.82) is 0 Å². The lowest BCUT2D eigenvalue weighted by Crippen LogP contribution is -2.50. The van der Waals surface area contributed by atoms with Crippen LogP contribution in [0.5, 0.6) is 0 Å². The van der Waals surface area contributed by atoms with Crippen LogP contribution in [0.4, 0.5) is 5.82 Å². The molecule has 4 heteroatoms. The third-order valence-corrected chi connectivity index (χ3v) is 7.46. The largest absolute Gasteiger partial charge is 0.354 e. The Bertz CT molecular complexity index is 1030. The van der Waals surface area contributed by atoms with Gasteiger partial charge in [-0.3, -0.25) is 9.80 Å². The molecule has 3 heterocycles. The van der Waals surface area contributed by atoms with E-state index < -0.39 is 0 Å². The van der Waals surface area contributed by atoms with Crippen LogP contribution in [-0.2, 0) is 0 Å². The molecule has 0 aliphatic carbocycles. The van der Waals surface area contributed by atoms with E-state index in [1.54, 1.807) is 0 Å². The van der Waals surface area contributed by atoms with Gasteiger partial charge in [-0.25, -0.2) is 4.98 Å². The number of nitrogens with zero attached hydrogens (tertiary/aromatic N) is 4. The second kappa shape index (κ2) is 9.60. The van der Waals surface area contributed by atoms with Crippen molar-refractivity contribution < 1.29 is 0 Å². The van der Waals surface area contributed by atoms with Crippen molar-refractivity contribution in [2.45, 2.75) is 32.7 Å². The van der Waals surface area contributed by atoms with E-state index >= 15 is 0 Å². The molecule has 2 saturated heterocycles. The summed E-state index contributed by atoms with van der Waals surface area (Å²) in [7, 11) is 0. The van der Waals surface area contributed by atoms with Gasteiger partial charge in [0.05, 0.1) is 5.52 Å². The summed E-state index contributed by atoms with van der Waals surface area (Å²) >= 11 is 0. The van der Waals surface area contributed by atoms with Gasteiger partial charge in [-0.15, -0.1) is 0 Å². The maximum absolute atomic E-state index is 5.00. The van der Waals surface area contributed by atoms with Gasteiger partial charge in [0, 0.05) is 50.7 Å². The summed E-state index contributed by atoms with van der Waals surface area (Å²) in [4.78, 5) is 12.9. The van der Waals surface area contributed by atoms with Gasteiger partial charge in [-0.1, -0.05) is 48.5 Å². The molecule has 0 saturated carbocycles. The molecule has 32 heavy (non-hydrogen) atoms. The Kier molecular flexibility index (Phi) is 6.42. The van der Waals surface area contributed by atoms with E-state index in [0.717, 1.165) is 37.6 Å². The first-order valence-corrected chi connectivity index (χ1v) is 12.3. The van der Waals surface area contributed by atoms with Crippen LogP contribution in [0.25, 0.3) is 10.9 Å². The number of anilines is 1. The van der Waals surface area contributed by atoms with Gasteiger partial charge in [-0.05, 0) is 62.4 Å². The topological polar surface area (TPSA) is 22.6 Å². The Morgan fingerprint density at radius 1 is 0.938 bits per heavy atom. The Morgan fingerprint density at radius 3 is 2.50 bits per heavy atom. The highest BCUT2D eigenvalue weighted by Gasteiger charge is 2.27. The summed E-state index contributed by atoms with van der Waals surface area (Å²) in [5, 5.41) is 1.24. The summed E-state index contributed by atoms with van der Waals surface area (Å²) < 4.78 is 0. The predicted octanol–water partition coefficient (Wildman–Crippen LogP) is 5.14. The molecule has 168 valence electrons. The average Bonchev–Trinajstić information content (AvgIpc) is 2.84. The number of fused-ring (bicyclic) bond motifs is 1. The SMILES string of the molecule is Cc1cc2ccccc2nc1N1CCN(C[C@H]2CCCN([C@H](C)c3ccccc3)C2)CC1. The number of piperazine rings is 1. The Labute approximate surface area is 192 Å². The molecule has 4 nitrogen and oxygen atoms in total. The fourth-order valence-corrected chi connectivity index (χ4v) is 5.58. The van der Waals surface area contributed by atoms with E-state index in [-0.39, 0.29) is 0 Å². The number of aryl methyl sites for hydroxylation is 1. The quantitative estimate of drug-likeness (QED) is 0.561. The van der Waals surface area contributed by atoms with Gasteiger partial charge in [0.2, 0.25) is 0 Å². The molecule has 0 radical (unpaired) electrons. The van der Waals surface area contributed by atoms with Gasteiger partial charge in [-0.2, -0.15) is 0 Å². The first-order chi connectivity index (χ1) is 15.7. The van der Waals surface area contributed by atoms with Crippen molar-refractivity contribution in [3.63, 3.8) is 0 Å². The van der Waals surface area contributed by atoms with Gasteiger partial charge >= 0.3 is 0 Å². The fourth-order valence-electron chi connectivity index (χ4n) is 5.58. The molecular weight excluding hydrogens is 392 g/mol. The predicted molar refractivity (Wildman–Crippen MR) is 134 cm³/mol. The van der Waals surface area contributed by atoms with Crippen LogP contribution in [0.15, 0.2) is 60.7 Å². The average molecular weight is 429 g/mol. The zero-order valence-electron chi connectivity index (χ0n) is 19.6. The molecule has 0 amide bonds. The second-order valence-corrected chi connectivity index (χ2v) is 9.70. The normalized spacial score (nSPS) is 21.7. The second-order valence-electron chi connectivity index (χ2n) is 9.70. The van der Waals surface area contributed by atoms with E-state index in [9.17, 15) is 0 Å². The Hall–Kier alpha value is -2.43. The number of piperidine rings is 1. The van der Waals surface area contributed by atoms with Crippen LogP contribution in [0.3, 0.4) is 0 Å². The minimum absolute atomic E-state index is 0.512.